The molecule has 4 aromatic rings. The first-order valence-electron chi connectivity index (χ1n) is 9.66. The van der Waals surface area contributed by atoms with Gasteiger partial charge < -0.3 is 9.30 Å². The van der Waals surface area contributed by atoms with Crippen molar-refractivity contribution in [2.75, 3.05) is 6.61 Å². The molecule has 28 heavy (non-hydrogen) atoms. The molecule has 1 unspecified atom stereocenters. The second kappa shape index (κ2) is 6.84. The van der Waals surface area contributed by atoms with Gasteiger partial charge in [-0.3, -0.25) is 0 Å². The molecule has 0 amide bonds. The molecule has 0 saturated heterocycles. The number of aromatic nitrogens is 4. The second-order valence-electron chi connectivity index (χ2n) is 7.53. The summed E-state index contributed by atoms with van der Waals surface area (Å²) in [5.41, 5.74) is 5.47. The molecule has 140 valence electrons. The SMILES string of the molecule is CC(C)c1ncc(-c2ccc3nc4n(c3c2)C(c2ccccc2)COC4)cn1. The number of hydrogen-bond acceptors (Lipinski definition) is 4. The Labute approximate surface area is 164 Å². The van der Waals surface area contributed by atoms with Gasteiger partial charge in [-0.15, -0.1) is 0 Å². The highest BCUT2D eigenvalue weighted by Crippen LogP contribution is 2.32. The van der Waals surface area contributed by atoms with Crippen molar-refractivity contribution in [3.63, 3.8) is 0 Å². The third-order valence-corrected chi connectivity index (χ3v) is 5.29. The lowest BCUT2D eigenvalue weighted by Crippen LogP contribution is -2.24. The average Bonchev–Trinajstić information content (AvgIpc) is 3.12. The molecular weight excluding hydrogens is 348 g/mol. The highest BCUT2D eigenvalue weighted by atomic mass is 16.5. The van der Waals surface area contributed by atoms with Crippen LogP contribution in [0.5, 0.6) is 0 Å². The molecular formula is C23H22N4O. The van der Waals surface area contributed by atoms with Crippen molar-refractivity contribution in [1.29, 1.82) is 0 Å². The molecule has 5 nitrogen and oxygen atoms in total. The summed E-state index contributed by atoms with van der Waals surface area (Å²) in [4.78, 5) is 13.8. The first-order valence-corrected chi connectivity index (χ1v) is 9.66. The second-order valence-corrected chi connectivity index (χ2v) is 7.53. The van der Waals surface area contributed by atoms with Crippen molar-refractivity contribution in [2.24, 2.45) is 0 Å². The lowest BCUT2D eigenvalue weighted by atomic mass is 10.1. The molecule has 1 aliphatic rings. The maximum Gasteiger partial charge on any atom is 0.136 e. The zero-order chi connectivity index (χ0) is 19.1. The molecule has 0 N–H and O–H groups in total. The topological polar surface area (TPSA) is 52.8 Å². The maximum absolute atomic E-state index is 5.84. The average molecular weight is 370 g/mol. The third-order valence-electron chi connectivity index (χ3n) is 5.29. The molecule has 0 spiro atoms. The Morgan fingerprint density at radius 2 is 1.79 bits per heavy atom. The molecule has 2 aromatic carbocycles. The van der Waals surface area contributed by atoms with E-state index in [4.69, 9.17) is 9.72 Å². The van der Waals surface area contributed by atoms with Gasteiger partial charge in [0.05, 0.1) is 23.7 Å². The quantitative estimate of drug-likeness (QED) is 0.523. The Morgan fingerprint density at radius 1 is 1.00 bits per heavy atom. The Hall–Kier alpha value is -3.05. The summed E-state index contributed by atoms with van der Waals surface area (Å²) in [6.45, 7) is 5.40. The van der Waals surface area contributed by atoms with Gasteiger partial charge in [0.2, 0.25) is 0 Å². The normalized spacial score (nSPS) is 16.5. The van der Waals surface area contributed by atoms with Gasteiger partial charge in [0.15, 0.2) is 0 Å². The standard InChI is InChI=1S/C23H22N4O/c1-15(2)23-24-11-18(12-25-23)17-8-9-19-20(10-17)27-21(13-28-14-22(27)26-19)16-6-4-3-5-7-16/h3-12,15,21H,13-14H2,1-2H3. The van der Waals surface area contributed by atoms with Crippen LogP contribution in [-0.2, 0) is 11.3 Å². The molecule has 0 radical (unpaired) electrons. The van der Waals surface area contributed by atoms with Crippen LogP contribution >= 0.6 is 0 Å². The highest BCUT2D eigenvalue weighted by Gasteiger charge is 2.25. The summed E-state index contributed by atoms with van der Waals surface area (Å²) >= 11 is 0. The van der Waals surface area contributed by atoms with Crippen molar-refractivity contribution in [1.82, 2.24) is 19.5 Å². The van der Waals surface area contributed by atoms with Crippen LogP contribution in [0.2, 0.25) is 0 Å². The van der Waals surface area contributed by atoms with E-state index in [1.165, 1.54) is 5.56 Å². The molecule has 1 atom stereocenters. The fourth-order valence-electron chi connectivity index (χ4n) is 3.81. The molecule has 3 heterocycles. The maximum atomic E-state index is 5.84. The van der Waals surface area contributed by atoms with Crippen molar-refractivity contribution < 1.29 is 4.74 Å². The first kappa shape index (κ1) is 17.1. The zero-order valence-corrected chi connectivity index (χ0v) is 16.0. The molecule has 2 aromatic heterocycles. The molecule has 5 rings (SSSR count). The fourth-order valence-corrected chi connectivity index (χ4v) is 3.81. The van der Waals surface area contributed by atoms with Crippen LogP contribution in [0.25, 0.3) is 22.2 Å². The molecule has 0 aliphatic carbocycles. The first-order chi connectivity index (χ1) is 13.7. The summed E-state index contributed by atoms with van der Waals surface area (Å²) in [6.07, 6.45) is 3.82. The summed E-state index contributed by atoms with van der Waals surface area (Å²) < 4.78 is 8.16. The van der Waals surface area contributed by atoms with Gasteiger partial charge in [-0.1, -0.05) is 50.2 Å². The van der Waals surface area contributed by atoms with Crippen molar-refractivity contribution in [3.05, 3.63) is 78.1 Å². The van der Waals surface area contributed by atoms with Crippen LogP contribution in [0.1, 0.15) is 43.0 Å². The van der Waals surface area contributed by atoms with Gasteiger partial charge in [-0.25, -0.2) is 15.0 Å². The third kappa shape index (κ3) is 2.88. The van der Waals surface area contributed by atoms with Gasteiger partial charge >= 0.3 is 0 Å². The van der Waals surface area contributed by atoms with E-state index in [0.717, 1.165) is 33.8 Å². The Kier molecular flexibility index (Phi) is 4.17. The van der Waals surface area contributed by atoms with E-state index in [1.54, 1.807) is 0 Å². The zero-order valence-electron chi connectivity index (χ0n) is 16.0. The predicted molar refractivity (Wildman–Crippen MR) is 109 cm³/mol. The molecule has 0 bridgehead atoms. The number of hydrogen-bond donors (Lipinski definition) is 0. The van der Waals surface area contributed by atoms with Gasteiger partial charge in [-0.05, 0) is 23.3 Å². The van der Waals surface area contributed by atoms with Crippen LogP contribution in [0.15, 0.2) is 60.9 Å². The van der Waals surface area contributed by atoms with Crippen LogP contribution < -0.4 is 0 Å². The predicted octanol–water partition coefficient (Wildman–Crippen LogP) is 4.74. The lowest BCUT2D eigenvalue weighted by Gasteiger charge is -2.26. The molecule has 0 fully saturated rings. The Bertz CT molecular complexity index is 1120. The van der Waals surface area contributed by atoms with E-state index < -0.39 is 0 Å². The van der Waals surface area contributed by atoms with E-state index in [-0.39, 0.29) is 6.04 Å². The van der Waals surface area contributed by atoms with E-state index >= 15 is 0 Å². The number of rotatable bonds is 3. The van der Waals surface area contributed by atoms with Crippen LogP contribution in [0.3, 0.4) is 0 Å². The number of ether oxygens (including phenoxy) is 1. The fraction of sp³-hybridized carbons (Fsp3) is 0.261. The summed E-state index contributed by atoms with van der Waals surface area (Å²) in [6, 6.07) is 17.0. The number of fused-ring (bicyclic) bond motifs is 3. The Balaban J connectivity index is 1.62. The van der Waals surface area contributed by atoms with E-state index in [9.17, 15) is 0 Å². The van der Waals surface area contributed by atoms with Gasteiger partial charge in [0, 0.05) is 23.9 Å². The van der Waals surface area contributed by atoms with Crippen LogP contribution in [-0.4, -0.2) is 26.1 Å². The van der Waals surface area contributed by atoms with Crippen LogP contribution in [0.4, 0.5) is 0 Å². The lowest BCUT2D eigenvalue weighted by molar-refractivity contribution is 0.0679. The van der Waals surface area contributed by atoms with Gasteiger partial charge in [-0.2, -0.15) is 0 Å². The molecule has 0 saturated carbocycles. The smallest absolute Gasteiger partial charge is 0.136 e. The van der Waals surface area contributed by atoms with Crippen molar-refractivity contribution >= 4 is 11.0 Å². The summed E-state index contributed by atoms with van der Waals surface area (Å²) in [5.74, 6) is 2.16. The minimum Gasteiger partial charge on any atom is -0.371 e. The van der Waals surface area contributed by atoms with Gasteiger partial charge in [0.25, 0.3) is 0 Å². The van der Waals surface area contributed by atoms with Gasteiger partial charge in [0.1, 0.15) is 18.3 Å². The largest absolute Gasteiger partial charge is 0.371 e. The number of imidazole rings is 1. The summed E-state index contributed by atoms with van der Waals surface area (Å²) in [5, 5.41) is 0. The minimum atomic E-state index is 0.129. The Morgan fingerprint density at radius 3 is 2.54 bits per heavy atom. The number of benzene rings is 2. The molecule has 1 aliphatic heterocycles. The van der Waals surface area contributed by atoms with Crippen molar-refractivity contribution in [2.45, 2.75) is 32.4 Å². The molecule has 5 heteroatoms. The van der Waals surface area contributed by atoms with Crippen LogP contribution in [0, 0.1) is 0 Å². The monoisotopic (exact) mass is 370 g/mol. The minimum absolute atomic E-state index is 0.129. The summed E-state index contributed by atoms with van der Waals surface area (Å²) in [7, 11) is 0. The van der Waals surface area contributed by atoms with Crippen molar-refractivity contribution in [3.8, 4) is 11.1 Å². The van der Waals surface area contributed by atoms with E-state index in [2.05, 4.69) is 70.8 Å². The highest BCUT2D eigenvalue weighted by molar-refractivity contribution is 5.82. The van der Waals surface area contributed by atoms with E-state index in [1.807, 2.05) is 18.5 Å². The van der Waals surface area contributed by atoms with E-state index in [0.29, 0.717) is 19.1 Å². The number of nitrogens with zero attached hydrogens (tertiary/aromatic N) is 4.